The van der Waals surface area contributed by atoms with Gasteiger partial charge in [-0.1, -0.05) is 17.7 Å². The number of nitrogens with one attached hydrogen (secondary N) is 1. The number of rotatable bonds is 5. The maximum atomic E-state index is 12.7. The van der Waals surface area contributed by atoms with E-state index in [1.165, 1.54) is 0 Å². The van der Waals surface area contributed by atoms with Gasteiger partial charge >= 0.3 is 0 Å². The van der Waals surface area contributed by atoms with E-state index in [9.17, 15) is 4.79 Å². The maximum absolute atomic E-state index is 12.7. The highest BCUT2D eigenvalue weighted by Gasteiger charge is 2.32. The molecule has 2 saturated heterocycles. The maximum Gasteiger partial charge on any atom is 0.224 e. The van der Waals surface area contributed by atoms with Crippen LogP contribution in [0.4, 0.5) is 5.82 Å². The smallest absolute Gasteiger partial charge is 0.224 e. The molecule has 1 atom stereocenters. The molecule has 2 aromatic heterocycles. The first-order chi connectivity index (χ1) is 14.2. The van der Waals surface area contributed by atoms with Gasteiger partial charge in [0.1, 0.15) is 5.82 Å². The third-order valence-corrected chi connectivity index (χ3v) is 6.33. The van der Waals surface area contributed by atoms with Crippen molar-refractivity contribution < 1.29 is 4.79 Å². The molecule has 0 bridgehead atoms. The molecule has 154 valence electrons. The molecule has 0 aromatic carbocycles. The fraction of sp³-hybridized carbons (Fsp3) is 0.500. The van der Waals surface area contributed by atoms with E-state index in [0.29, 0.717) is 17.6 Å². The normalized spacial score (nSPS) is 21.1. The lowest BCUT2D eigenvalue weighted by Crippen LogP contribution is -2.51. The molecule has 2 aliphatic heterocycles. The highest BCUT2D eigenvalue weighted by atomic mass is 35.5. The van der Waals surface area contributed by atoms with Crippen molar-refractivity contribution in [2.45, 2.75) is 38.3 Å². The summed E-state index contributed by atoms with van der Waals surface area (Å²) in [5.74, 6) is 1.12. The average molecular weight is 414 g/mol. The van der Waals surface area contributed by atoms with Crippen LogP contribution >= 0.6 is 11.6 Å². The molecule has 29 heavy (non-hydrogen) atoms. The number of halogens is 1. The van der Waals surface area contributed by atoms with Crippen molar-refractivity contribution in [3.63, 3.8) is 0 Å². The zero-order valence-corrected chi connectivity index (χ0v) is 17.4. The number of likely N-dealkylation sites (tertiary alicyclic amines) is 1. The number of pyridine rings is 2. The highest BCUT2D eigenvalue weighted by Crippen LogP contribution is 2.28. The molecule has 0 radical (unpaired) electrons. The van der Waals surface area contributed by atoms with Crippen molar-refractivity contribution in [2.75, 3.05) is 31.1 Å². The molecule has 2 aromatic rings. The van der Waals surface area contributed by atoms with Crippen LogP contribution in [-0.2, 0) is 11.3 Å². The molecule has 4 heterocycles. The summed E-state index contributed by atoms with van der Waals surface area (Å²) in [6, 6.07) is 8.18. The van der Waals surface area contributed by atoms with Gasteiger partial charge in [-0.25, -0.2) is 4.98 Å². The van der Waals surface area contributed by atoms with Gasteiger partial charge in [0.2, 0.25) is 5.91 Å². The van der Waals surface area contributed by atoms with Gasteiger partial charge in [-0.3, -0.25) is 14.7 Å². The molecular formula is C22H28ClN5O. The predicted octanol–water partition coefficient (Wildman–Crippen LogP) is 3.13. The summed E-state index contributed by atoms with van der Waals surface area (Å²) in [4.78, 5) is 26.0. The van der Waals surface area contributed by atoms with Gasteiger partial charge in [0.25, 0.3) is 0 Å². The van der Waals surface area contributed by atoms with E-state index >= 15 is 0 Å². The number of nitrogens with zero attached hydrogens (tertiary/aromatic N) is 4. The number of aromatic nitrogens is 2. The second-order valence-electron chi connectivity index (χ2n) is 7.94. The van der Waals surface area contributed by atoms with E-state index in [1.54, 1.807) is 18.6 Å². The van der Waals surface area contributed by atoms with E-state index in [0.717, 1.165) is 63.2 Å². The predicted molar refractivity (Wildman–Crippen MR) is 115 cm³/mol. The van der Waals surface area contributed by atoms with E-state index in [4.69, 9.17) is 11.6 Å². The Balaban J connectivity index is 1.28. The van der Waals surface area contributed by atoms with Crippen LogP contribution in [0.15, 0.2) is 42.9 Å². The Labute approximate surface area is 177 Å². The molecule has 6 nitrogen and oxygen atoms in total. The molecule has 7 heteroatoms. The number of hydrogen-bond acceptors (Lipinski definition) is 5. The fourth-order valence-electron chi connectivity index (χ4n) is 4.44. The third kappa shape index (κ3) is 5.06. The lowest BCUT2D eigenvalue weighted by Gasteiger charge is -2.42. The van der Waals surface area contributed by atoms with E-state index < -0.39 is 0 Å². The molecule has 1 N–H and O–H groups in total. The Morgan fingerprint density at radius 3 is 2.72 bits per heavy atom. The van der Waals surface area contributed by atoms with Gasteiger partial charge in [-0.2, -0.15) is 0 Å². The summed E-state index contributed by atoms with van der Waals surface area (Å²) >= 11 is 6.31. The van der Waals surface area contributed by atoms with Crippen molar-refractivity contribution in [1.82, 2.24) is 20.2 Å². The van der Waals surface area contributed by atoms with Crippen molar-refractivity contribution in [3.05, 3.63) is 53.4 Å². The van der Waals surface area contributed by atoms with E-state index in [-0.39, 0.29) is 11.8 Å². The first kappa shape index (κ1) is 20.1. The number of carbonyl (C=O) groups is 1. The Morgan fingerprint density at radius 1 is 1.14 bits per heavy atom. The summed E-state index contributed by atoms with van der Waals surface area (Å²) in [5, 5.41) is 3.81. The summed E-state index contributed by atoms with van der Waals surface area (Å²) in [6.45, 7) is 4.40. The Hall–Kier alpha value is -2.18. The molecule has 4 rings (SSSR count). The van der Waals surface area contributed by atoms with Gasteiger partial charge in [0, 0.05) is 50.8 Å². The van der Waals surface area contributed by atoms with Crippen LogP contribution in [0.2, 0.25) is 5.02 Å². The molecule has 2 fully saturated rings. The lowest BCUT2D eigenvalue weighted by atomic mass is 9.93. The molecule has 2 aliphatic rings. The van der Waals surface area contributed by atoms with E-state index in [1.807, 2.05) is 24.3 Å². The zero-order chi connectivity index (χ0) is 20.1. The molecule has 1 unspecified atom stereocenters. The third-order valence-electron chi connectivity index (χ3n) is 6.03. The number of amides is 1. The van der Waals surface area contributed by atoms with Crippen LogP contribution in [0.1, 0.15) is 31.2 Å². The van der Waals surface area contributed by atoms with Crippen molar-refractivity contribution in [1.29, 1.82) is 0 Å². The minimum atomic E-state index is 0.0729. The van der Waals surface area contributed by atoms with E-state index in [2.05, 4.69) is 25.1 Å². The Morgan fingerprint density at radius 2 is 1.97 bits per heavy atom. The average Bonchev–Trinajstić information content (AvgIpc) is 2.79. The minimum Gasteiger partial charge on any atom is -0.355 e. The summed E-state index contributed by atoms with van der Waals surface area (Å²) < 4.78 is 0. The van der Waals surface area contributed by atoms with Crippen LogP contribution in [0, 0.1) is 5.92 Å². The van der Waals surface area contributed by atoms with Crippen molar-refractivity contribution in [3.8, 4) is 0 Å². The largest absolute Gasteiger partial charge is 0.355 e. The monoisotopic (exact) mass is 413 g/mol. The second-order valence-corrected chi connectivity index (χ2v) is 8.35. The van der Waals surface area contributed by atoms with Crippen molar-refractivity contribution in [2.24, 2.45) is 5.92 Å². The second kappa shape index (κ2) is 9.55. The highest BCUT2D eigenvalue weighted by molar-refractivity contribution is 6.32. The molecule has 1 amide bonds. The number of carbonyl (C=O) groups excluding carboxylic acids is 1. The standard InChI is InChI=1S/C22H28ClN5O/c23-20-6-2-10-25-21(20)27-12-7-19(8-13-27)28-11-3-5-18(16-28)22(29)26-15-17-4-1-9-24-14-17/h1-2,4,6,9-10,14,18-19H,3,5,7-8,11-13,15-16H2,(H,26,29). The van der Waals surface area contributed by atoms with Crippen LogP contribution in [-0.4, -0.2) is 53.0 Å². The van der Waals surface area contributed by atoms with Gasteiger partial charge in [0.05, 0.1) is 10.9 Å². The number of piperidine rings is 2. The van der Waals surface area contributed by atoms with Gasteiger partial charge < -0.3 is 10.2 Å². The lowest BCUT2D eigenvalue weighted by molar-refractivity contribution is -0.127. The molecule has 0 spiro atoms. The Bertz CT molecular complexity index is 810. The fourth-order valence-corrected chi connectivity index (χ4v) is 4.68. The van der Waals surface area contributed by atoms with Crippen LogP contribution < -0.4 is 10.2 Å². The van der Waals surface area contributed by atoms with Crippen LogP contribution in [0.5, 0.6) is 0 Å². The van der Waals surface area contributed by atoms with Gasteiger partial charge in [-0.05, 0) is 56.0 Å². The molecular weight excluding hydrogens is 386 g/mol. The SMILES string of the molecule is O=C(NCc1cccnc1)C1CCCN(C2CCN(c3ncccc3Cl)CC2)C1. The topological polar surface area (TPSA) is 61.4 Å². The minimum absolute atomic E-state index is 0.0729. The Kier molecular flexibility index (Phi) is 6.62. The van der Waals surface area contributed by atoms with Crippen molar-refractivity contribution >= 4 is 23.3 Å². The van der Waals surface area contributed by atoms with Gasteiger partial charge in [0.15, 0.2) is 0 Å². The zero-order valence-electron chi connectivity index (χ0n) is 16.6. The molecule has 0 saturated carbocycles. The molecule has 0 aliphatic carbocycles. The quantitative estimate of drug-likeness (QED) is 0.815. The van der Waals surface area contributed by atoms with Crippen LogP contribution in [0.3, 0.4) is 0 Å². The van der Waals surface area contributed by atoms with Gasteiger partial charge in [-0.15, -0.1) is 0 Å². The number of anilines is 1. The summed E-state index contributed by atoms with van der Waals surface area (Å²) in [7, 11) is 0. The first-order valence-corrected chi connectivity index (χ1v) is 10.8. The summed E-state index contributed by atoms with van der Waals surface area (Å²) in [6.07, 6.45) is 9.56. The van der Waals surface area contributed by atoms with Crippen LogP contribution in [0.25, 0.3) is 0 Å². The number of hydrogen-bond donors (Lipinski definition) is 1. The summed E-state index contributed by atoms with van der Waals surface area (Å²) in [5.41, 5.74) is 1.04. The first-order valence-electron chi connectivity index (χ1n) is 10.5.